The lowest BCUT2D eigenvalue weighted by Gasteiger charge is -2.37. The molecule has 0 aromatic carbocycles. The number of nitrogens with one attached hydrogen (secondary N) is 1. The van der Waals surface area contributed by atoms with Gasteiger partial charge >= 0.3 is 0 Å². The Labute approximate surface area is 107 Å². The van der Waals surface area contributed by atoms with Crippen LogP contribution in [0.15, 0.2) is 18.2 Å². The zero-order chi connectivity index (χ0) is 12.7. The third-order valence-corrected chi connectivity index (χ3v) is 3.78. The lowest BCUT2D eigenvalue weighted by atomic mass is 9.70. The molecule has 0 spiro atoms. The molecule has 0 amide bonds. The summed E-state index contributed by atoms with van der Waals surface area (Å²) >= 11 is 0. The SMILES string of the molecule is CCCC(C)C1(CNCC(C)C)C=CC=[C]C1. The maximum absolute atomic E-state index is 3.63. The fraction of sp³-hybridized carbons (Fsp3) is 0.750. The normalized spacial score (nSPS) is 25.5. The second-order valence-electron chi connectivity index (χ2n) is 5.85. The van der Waals surface area contributed by atoms with Crippen molar-refractivity contribution in [2.75, 3.05) is 13.1 Å². The topological polar surface area (TPSA) is 12.0 Å². The van der Waals surface area contributed by atoms with Crippen molar-refractivity contribution in [3.8, 4) is 0 Å². The van der Waals surface area contributed by atoms with Gasteiger partial charge in [0.15, 0.2) is 0 Å². The maximum atomic E-state index is 3.63. The van der Waals surface area contributed by atoms with Crippen molar-refractivity contribution in [2.24, 2.45) is 17.3 Å². The Hall–Kier alpha value is -0.560. The summed E-state index contributed by atoms with van der Waals surface area (Å²) in [4.78, 5) is 0. The number of rotatable bonds is 7. The van der Waals surface area contributed by atoms with Crippen LogP contribution in [0.3, 0.4) is 0 Å². The molecule has 2 atom stereocenters. The quantitative estimate of drug-likeness (QED) is 0.702. The van der Waals surface area contributed by atoms with Gasteiger partial charge < -0.3 is 5.32 Å². The summed E-state index contributed by atoms with van der Waals surface area (Å²) in [6.45, 7) is 11.4. The number of allylic oxidation sites excluding steroid dienone is 3. The van der Waals surface area contributed by atoms with Crippen LogP contribution in [0.2, 0.25) is 0 Å². The van der Waals surface area contributed by atoms with Crippen LogP contribution in [-0.4, -0.2) is 13.1 Å². The van der Waals surface area contributed by atoms with E-state index in [0.717, 1.165) is 31.3 Å². The molecular weight excluding hydrogens is 206 g/mol. The Bertz CT molecular complexity index is 265. The van der Waals surface area contributed by atoms with E-state index in [-0.39, 0.29) is 0 Å². The van der Waals surface area contributed by atoms with E-state index >= 15 is 0 Å². The molecular formula is C16H28N. The monoisotopic (exact) mass is 234 g/mol. The third kappa shape index (κ3) is 4.31. The highest BCUT2D eigenvalue weighted by Crippen LogP contribution is 2.37. The van der Waals surface area contributed by atoms with Crippen molar-refractivity contribution >= 4 is 0 Å². The molecule has 0 fully saturated rings. The van der Waals surface area contributed by atoms with E-state index in [9.17, 15) is 0 Å². The molecule has 1 radical (unpaired) electrons. The van der Waals surface area contributed by atoms with E-state index in [2.05, 4.69) is 57.3 Å². The van der Waals surface area contributed by atoms with Gasteiger partial charge in [-0.15, -0.1) is 0 Å². The molecule has 1 aliphatic carbocycles. The van der Waals surface area contributed by atoms with Crippen molar-refractivity contribution in [3.63, 3.8) is 0 Å². The first-order valence-electron chi connectivity index (χ1n) is 7.06. The van der Waals surface area contributed by atoms with Crippen LogP contribution in [0.25, 0.3) is 0 Å². The molecule has 0 bridgehead atoms. The summed E-state index contributed by atoms with van der Waals surface area (Å²) in [6, 6.07) is 0. The van der Waals surface area contributed by atoms with E-state index < -0.39 is 0 Å². The van der Waals surface area contributed by atoms with E-state index in [4.69, 9.17) is 0 Å². The van der Waals surface area contributed by atoms with Gasteiger partial charge in [-0.25, -0.2) is 0 Å². The first-order chi connectivity index (χ1) is 8.10. The van der Waals surface area contributed by atoms with Gasteiger partial charge in [-0.2, -0.15) is 0 Å². The molecule has 1 N–H and O–H groups in total. The van der Waals surface area contributed by atoms with E-state index in [0.29, 0.717) is 5.41 Å². The van der Waals surface area contributed by atoms with Crippen molar-refractivity contribution < 1.29 is 0 Å². The predicted molar refractivity (Wildman–Crippen MR) is 75.8 cm³/mol. The van der Waals surface area contributed by atoms with Crippen LogP contribution in [-0.2, 0) is 0 Å². The molecule has 2 unspecified atom stereocenters. The second-order valence-corrected chi connectivity index (χ2v) is 5.85. The highest BCUT2D eigenvalue weighted by molar-refractivity contribution is 5.15. The number of hydrogen-bond acceptors (Lipinski definition) is 1. The van der Waals surface area contributed by atoms with Gasteiger partial charge in [-0.1, -0.05) is 58.8 Å². The molecule has 1 rings (SSSR count). The van der Waals surface area contributed by atoms with Gasteiger partial charge in [0.05, 0.1) is 0 Å². The van der Waals surface area contributed by atoms with Crippen molar-refractivity contribution in [2.45, 2.75) is 47.0 Å². The fourth-order valence-electron chi connectivity index (χ4n) is 2.56. The van der Waals surface area contributed by atoms with Crippen LogP contribution >= 0.6 is 0 Å². The molecule has 0 aliphatic heterocycles. The van der Waals surface area contributed by atoms with E-state index in [1.165, 1.54) is 12.8 Å². The van der Waals surface area contributed by atoms with Gasteiger partial charge in [0.25, 0.3) is 0 Å². The van der Waals surface area contributed by atoms with Crippen molar-refractivity contribution in [3.05, 3.63) is 24.3 Å². The third-order valence-electron chi connectivity index (χ3n) is 3.78. The van der Waals surface area contributed by atoms with E-state index in [1.807, 2.05) is 0 Å². The Balaban J connectivity index is 2.59. The Morgan fingerprint density at radius 3 is 2.65 bits per heavy atom. The summed E-state index contributed by atoms with van der Waals surface area (Å²) < 4.78 is 0. The summed E-state index contributed by atoms with van der Waals surface area (Å²) in [7, 11) is 0. The molecule has 1 heteroatoms. The molecule has 97 valence electrons. The zero-order valence-electron chi connectivity index (χ0n) is 11.9. The summed E-state index contributed by atoms with van der Waals surface area (Å²) in [5.41, 5.74) is 0.291. The lowest BCUT2D eigenvalue weighted by molar-refractivity contribution is 0.217. The zero-order valence-corrected chi connectivity index (χ0v) is 11.9. The van der Waals surface area contributed by atoms with Crippen LogP contribution in [0.5, 0.6) is 0 Å². The van der Waals surface area contributed by atoms with Crippen LogP contribution < -0.4 is 5.32 Å². The Morgan fingerprint density at radius 2 is 2.12 bits per heavy atom. The van der Waals surface area contributed by atoms with Crippen molar-refractivity contribution in [1.29, 1.82) is 0 Å². The first kappa shape index (κ1) is 14.5. The van der Waals surface area contributed by atoms with Gasteiger partial charge in [0, 0.05) is 12.0 Å². The van der Waals surface area contributed by atoms with Crippen LogP contribution in [0.4, 0.5) is 0 Å². The minimum Gasteiger partial charge on any atom is -0.316 e. The Kier molecular flexibility index (Phi) is 5.97. The predicted octanol–water partition coefficient (Wildman–Crippen LogP) is 3.97. The largest absolute Gasteiger partial charge is 0.316 e. The average molecular weight is 234 g/mol. The minimum atomic E-state index is 0.291. The second kappa shape index (κ2) is 7.00. The summed E-state index contributed by atoms with van der Waals surface area (Å²) in [5, 5.41) is 3.63. The molecule has 1 nitrogen and oxygen atoms in total. The van der Waals surface area contributed by atoms with Crippen LogP contribution in [0.1, 0.15) is 47.0 Å². The van der Waals surface area contributed by atoms with Gasteiger partial charge in [0.2, 0.25) is 0 Å². The first-order valence-corrected chi connectivity index (χ1v) is 7.06. The molecule has 0 saturated carbocycles. The maximum Gasteiger partial charge on any atom is 0.00756 e. The minimum absolute atomic E-state index is 0.291. The van der Waals surface area contributed by atoms with Gasteiger partial charge in [-0.05, 0) is 30.9 Å². The lowest BCUT2D eigenvalue weighted by Crippen LogP contribution is -2.39. The molecule has 17 heavy (non-hydrogen) atoms. The standard InChI is InChI=1S/C16H28N/c1-5-9-15(4)16(10-7-6-8-11-16)13-17-12-14(2)3/h6-7,10,14-15,17H,5,9,11-13H2,1-4H3. The van der Waals surface area contributed by atoms with Gasteiger partial charge in [0.1, 0.15) is 0 Å². The molecule has 0 saturated heterocycles. The summed E-state index contributed by atoms with van der Waals surface area (Å²) in [5.74, 6) is 1.45. The highest BCUT2D eigenvalue weighted by atomic mass is 14.9. The summed E-state index contributed by atoms with van der Waals surface area (Å²) in [6.07, 6.45) is 13.7. The smallest absolute Gasteiger partial charge is 0.00756 e. The molecule has 1 aliphatic rings. The average Bonchev–Trinajstić information content (AvgIpc) is 2.30. The number of hydrogen-bond donors (Lipinski definition) is 1. The molecule has 0 heterocycles. The van der Waals surface area contributed by atoms with Crippen molar-refractivity contribution in [1.82, 2.24) is 5.32 Å². The molecule has 0 aromatic heterocycles. The Morgan fingerprint density at radius 1 is 1.35 bits per heavy atom. The van der Waals surface area contributed by atoms with Gasteiger partial charge in [-0.3, -0.25) is 0 Å². The highest BCUT2D eigenvalue weighted by Gasteiger charge is 2.32. The van der Waals surface area contributed by atoms with Crippen LogP contribution in [0, 0.1) is 23.3 Å². The molecule has 0 aromatic rings. The fourth-order valence-corrected chi connectivity index (χ4v) is 2.56. The van der Waals surface area contributed by atoms with E-state index in [1.54, 1.807) is 0 Å².